The molecule has 0 radical (unpaired) electrons. The first-order valence-electron chi connectivity index (χ1n) is 10.9. The van der Waals surface area contributed by atoms with Crippen molar-refractivity contribution in [2.24, 2.45) is 5.41 Å². The maximum Gasteiger partial charge on any atom is 0.253 e. The van der Waals surface area contributed by atoms with Gasteiger partial charge in [0.15, 0.2) is 0 Å². The first kappa shape index (κ1) is 22.3. The highest BCUT2D eigenvalue weighted by molar-refractivity contribution is 5.95. The third-order valence-electron chi connectivity index (χ3n) is 5.31. The van der Waals surface area contributed by atoms with E-state index in [1.54, 1.807) is 6.07 Å². The molecule has 0 aliphatic rings. The van der Waals surface area contributed by atoms with E-state index in [1.807, 2.05) is 99.7 Å². The van der Waals surface area contributed by atoms with Crippen LogP contribution in [-0.4, -0.2) is 27.3 Å². The molecule has 0 aliphatic heterocycles. The van der Waals surface area contributed by atoms with E-state index in [1.165, 1.54) is 0 Å². The van der Waals surface area contributed by atoms with E-state index in [-0.39, 0.29) is 0 Å². The molecule has 0 bridgehead atoms. The Morgan fingerprint density at radius 2 is 1.67 bits per heavy atom. The van der Waals surface area contributed by atoms with Crippen LogP contribution in [0, 0.1) is 5.41 Å². The number of aliphatic hydroxyl groups excluding tert-OH is 1. The van der Waals surface area contributed by atoms with Crippen LogP contribution in [0.4, 0.5) is 17.1 Å². The van der Waals surface area contributed by atoms with Crippen LogP contribution >= 0.6 is 0 Å². The van der Waals surface area contributed by atoms with Crippen LogP contribution in [0.3, 0.4) is 0 Å². The minimum atomic E-state index is -1.10. The molecule has 0 fully saturated rings. The highest BCUT2D eigenvalue weighted by Gasteiger charge is 2.29. The van der Waals surface area contributed by atoms with Crippen LogP contribution < -0.4 is 10.6 Å². The molecule has 33 heavy (non-hydrogen) atoms. The summed E-state index contributed by atoms with van der Waals surface area (Å²) in [5, 5.41) is 24.9. The van der Waals surface area contributed by atoms with Gasteiger partial charge in [-0.25, -0.2) is 0 Å². The monoisotopic (exact) mass is 440 g/mol. The molecule has 0 saturated heterocycles. The number of aliphatic hydroxyl groups is 1. The van der Waals surface area contributed by atoms with Crippen LogP contribution in [-0.2, 0) is 4.79 Å². The Labute approximate surface area is 193 Å². The maximum atomic E-state index is 12.3. The van der Waals surface area contributed by atoms with Crippen LogP contribution in [0.15, 0.2) is 72.8 Å². The first-order chi connectivity index (χ1) is 15.8. The smallest absolute Gasteiger partial charge is 0.253 e. The van der Waals surface area contributed by atoms with Crippen molar-refractivity contribution in [3.05, 3.63) is 84.1 Å². The number of nitrogens with zero attached hydrogens (tertiary/aromatic N) is 1. The Hall–Kier alpha value is -3.90. The summed E-state index contributed by atoms with van der Waals surface area (Å²) in [6.07, 6.45) is 2.94. The molecule has 3 aromatic carbocycles. The van der Waals surface area contributed by atoms with Crippen LogP contribution in [0.1, 0.15) is 32.0 Å². The van der Waals surface area contributed by atoms with Gasteiger partial charge in [0, 0.05) is 22.4 Å². The SMILES string of the molecule is CC(C)(C)[C@@H](O)C(=O)Nc1cccc(Nc2ccc3c(/C=C/c4ccccc4)n[nH]c3c2)c1. The number of amides is 1. The van der Waals surface area contributed by atoms with Crippen molar-refractivity contribution >= 4 is 46.0 Å². The second-order valence-corrected chi connectivity index (χ2v) is 9.08. The summed E-state index contributed by atoms with van der Waals surface area (Å²) in [5.41, 5.74) is 4.71. The molecule has 0 unspecified atom stereocenters. The topological polar surface area (TPSA) is 90.0 Å². The van der Waals surface area contributed by atoms with Crippen molar-refractivity contribution < 1.29 is 9.90 Å². The zero-order valence-electron chi connectivity index (χ0n) is 19.0. The summed E-state index contributed by atoms with van der Waals surface area (Å²) in [4.78, 5) is 12.3. The lowest BCUT2D eigenvalue weighted by Gasteiger charge is -2.24. The number of aromatic amines is 1. The Morgan fingerprint density at radius 1 is 0.939 bits per heavy atom. The molecule has 1 amide bonds. The summed E-state index contributed by atoms with van der Waals surface area (Å²) in [6, 6.07) is 23.5. The van der Waals surface area contributed by atoms with Crippen molar-refractivity contribution in [2.45, 2.75) is 26.9 Å². The summed E-state index contributed by atoms with van der Waals surface area (Å²) in [7, 11) is 0. The van der Waals surface area contributed by atoms with Gasteiger partial charge in [0.05, 0.1) is 11.2 Å². The molecule has 6 heteroatoms. The zero-order chi connectivity index (χ0) is 23.4. The van der Waals surface area contributed by atoms with Gasteiger partial charge >= 0.3 is 0 Å². The maximum absolute atomic E-state index is 12.3. The number of carbonyl (C=O) groups excluding carboxylic acids is 1. The largest absolute Gasteiger partial charge is 0.383 e. The second-order valence-electron chi connectivity index (χ2n) is 9.08. The van der Waals surface area contributed by atoms with E-state index in [4.69, 9.17) is 0 Å². The molecular formula is C27H28N4O2. The molecule has 168 valence electrons. The summed E-state index contributed by atoms with van der Waals surface area (Å²) >= 11 is 0. The Kier molecular flexibility index (Phi) is 6.29. The summed E-state index contributed by atoms with van der Waals surface area (Å²) in [5.74, 6) is -0.422. The van der Waals surface area contributed by atoms with E-state index >= 15 is 0 Å². The van der Waals surface area contributed by atoms with E-state index < -0.39 is 17.4 Å². The minimum absolute atomic E-state index is 0.422. The lowest BCUT2D eigenvalue weighted by Crippen LogP contribution is -2.38. The fourth-order valence-electron chi connectivity index (χ4n) is 3.43. The molecule has 1 heterocycles. The molecule has 1 atom stereocenters. The highest BCUT2D eigenvalue weighted by Crippen LogP contribution is 2.26. The van der Waals surface area contributed by atoms with Crippen molar-refractivity contribution in [2.75, 3.05) is 10.6 Å². The number of nitrogens with one attached hydrogen (secondary N) is 3. The van der Waals surface area contributed by atoms with Gasteiger partial charge in [0.1, 0.15) is 6.10 Å². The number of hydrogen-bond donors (Lipinski definition) is 4. The quantitative estimate of drug-likeness (QED) is 0.304. The van der Waals surface area contributed by atoms with E-state index in [2.05, 4.69) is 20.8 Å². The minimum Gasteiger partial charge on any atom is -0.383 e. The van der Waals surface area contributed by atoms with Gasteiger partial charge in [-0.05, 0) is 53.5 Å². The molecule has 4 aromatic rings. The fourth-order valence-corrected chi connectivity index (χ4v) is 3.43. The lowest BCUT2D eigenvalue weighted by atomic mass is 9.88. The van der Waals surface area contributed by atoms with Crippen molar-refractivity contribution in [3.63, 3.8) is 0 Å². The molecule has 4 N–H and O–H groups in total. The number of aromatic nitrogens is 2. The van der Waals surface area contributed by atoms with Gasteiger partial charge in [0.25, 0.3) is 5.91 Å². The van der Waals surface area contributed by atoms with Gasteiger partial charge in [-0.1, -0.05) is 63.2 Å². The normalized spacial score (nSPS) is 12.7. The number of carbonyl (C=O) groups is 1. The van der Waals surface area contributed by atoms with Crippen LogP contribution in [0.25, 0.3) is 23.1 Å². The standard InChI is InChI=1S/C27H28N4O2/c1-27(2,3)25(32)26(33)29-20-11-7-10-19(16-20)28-21-13-14-22-23(30-31-24(22)17-21)15-12-18-8-5-4-6-9-18/h4-17,25,28,32H,1-3H3,(H,29,33)(H,30,31)/b15-12+/t25-/m0/s1. The Bertz CT molecular complexity index is 1290. The molecule has 0 spiro atoms. The molecule has 4 rings (SSSR count). The Morgan fingerprint density at radius 3 is 2.42 bits per heavy atom. The van der Waals surface area contributed by atoms with Crippen molar-refractivity contribution in [1.29, 1.82) is 0 Å². The average Bonchev–Trinajstić information content (AvgIpc) is 3.19. The molecule has 1 aromatic heterocycles. The molecule has 0 aliphatic carbocycles. The average molecular weight is 441 g/mol. The fraction of sp³-hybridized carbons (Fsp3) is 0.185. The number of anilines is 3. The summed E-state index contributed by atoms with van der Waals surface area (Å²) < 4.78 is 0. The second kappa shape index (κ2) is 9.30. The van der Waals surface area contributed by atoms with Gasteiger partial charge in [-0.3, -0.25) is 9.89 Å². The van der Waals surface area contributed by atoms with Crippen LogP contribution in [0.2, 0.25) is 0 Å². The third-order valence-corrected chi connectivity index (χ3v) is 5.31. The third kappa shape index (κ3) is 5.48. The number of H-pyrrole nitrogens is 1. The predicted octanol–water partition coefficient (Wildman–Crippen LogP) is 5.82. The van der Waals surface area contributed by atoms with Crippen molar-refractivity contribution in [1.82, 2.24) is 10.2 Å². The Balaban J connectivity index is 1.48. The van der Waals surface area contributed by atoms with E-state index in [0.29, 0.717) is 5.69 Å². The number of hydrogen-bond acceptors (Lipinski definition) is 4. The predicted molar refractivity (Wildman–Crippen MR) is 135 cm³/mol. The van der Waals surface area contributed by atoms with Gasteiger partial charge < -0.3 is 15.7 Å². The molecule has 0 saturated carbocycles. The van der Waals surface area contributed by atoms with Crippen LogP contribution in [0.5, 0.6) is 0 Å². The van der Waals surface area contributed by atoms with E-state index in [9.17, 15) is 9.90 Å². The number of rotatable bonds is 6. The van der Waals surface area contributed by atoms with E-state index in [0.717, 1.165) is 33.5 Å². The first-order valence-corrected chi connectivity index (χ1v) is 10.9. The van der Waals surface area contributed by atoms with Crippen molar-refractivity contribution in [3.8, 4) is 0 Å². The molecular weight excluding hydrogens is 412 g/mol. The number of benzene rings is 3. The van der Waals surface area contributed by atoms with Gasteiger partial charge in [-0.2, -0.15) is 5.10 Å². The lowest BCUT2D eigenvalue weighted by molar-refractivity contribution is -0.129. The summed E-state index contributed by atoms with van der Waals surface area (Å²) in [6.45, 7) is 5.47. The highest BCUT2D eigenvalue weighted by atomic mass is 16.3. The molecule has 6 nitrogen and oxygen atoms in total. The number of fused-ring (bicyclic) bond motifs is 1. The van der Waals surface area contributed by atoms with Gasteiger partial charge in [-0.15, -0.1) is 0 Å². The van der Waals surface area contributed by atoms with Gasteiger partial charge in [0.2, 0.25) is 0 Å². The zero-order valence-corrected chi connectivity index (χ0v) is 19.0.